The average Bonchev–Trinajstić information content (AvgIpc) is 2.84. The first-order chi connectivity index (χ1) is 15.7. The number of benzene rings is 1. The van der Waals surface area contributed by atoms with Gasteiger partial charge in [-0.2, -0.15) is 0 Å². The lowest BCUT2D eigenvalue weighted by Gasteiger charge is -2.22. The molecule has 0 fully saturated rings. The van der Waals surface area contributed by atoms with E-state index in [1.165, 1.54) is 11.1 Å². The highest BCUT2D eigenvalue weighted by molar-refractivity contribution is 5.82. The molecule has 0 amide bonds. The Morgan fingerprint density at radius 3 is 2.66 bits per heavy atom. The number of ether oxygens (including phenoxy) is 1. The molecule has 0 aliphatic rings. The third-order valence-corrected chi connectivity index (χ3v) is 5.53. The Kier molecular flexibility index (Phi) is 7.25. The van der Waals surface area contributed by atoms with Gasteiger partial charge in [0.2, 0.25) is 0 Å². The quantitative estimate of drug-likeness (QED) is 0.359. The summed E-state index contributed by atoms with van der Waals surface area (Å²) in [5.41, 5.74) is 2.50. The van der Waals surface area contributed by atoms with Crippen LogP contribution in [0.1, 0.15) is 17.5 Å². The zero-order chi connectivity index (χ0) is 22.2. The molecule has 3 heterocycles. The fraction of sp³-hybridized carbons (Fsp3) is 0.269. The summed E-state index contributed by atoms with van der Waals surface area (Å²) in [6.07, 6.45) is 11.1. The van der Waals surface area contributed by atoms with E-state index in [1.54, 1.807) is 24.0 Å². The van der Waals surface area contributed by atoms with Crippen LogP contribution in [0, 0.1) is 0 Å². The van der Waals surface area contributed by atoms with Gasteiger partial charge in [0.1, 0.15) is 5.75 Å². The maximum Gasteiger partial charge on any atom is 0.258 e. The molecule has 32 heavy (non-hydrogen) atoms. The van der Waals surface area contributed by atoms with Crippen molar-refractivity contribution in [3.8, 4) is 5.75 Å². The molecule has 0 saturated carbocycles. The molecule has 1 aromatic carbocycles. The van der Waals surface area contributed by atoms with Crippen LogP contribution in [-0.4, -0.2) is 39.1 Å². The van der Waals surface area contributed by atoms with Gasteiger partial charge in [0.05, 0.1) is 6.61 Å². The van der Waals surface area contributed by atoms with Gasteiger partial charge in [-0.25, -0.2) is 0 Å². The minimum atomic E-state index is 0.00872. The number of fused-ring (bicyclic) bond motifs is 1. The van der Waals surface area contributed by atoms with Gasteiger partial charge in [-0.15, -0.1) is 0 Å². The van der Waals surface area contributed by atoms with E-state index in [0.717, 1.165) is 43.6 Å². The fourth-order valence-electron chi connectivity index (χ4n) is 3.74. The van der Waals surface area contributed by atoms with Crippen LogP contribution < -0.4 is 10.3 Å². The Labute approximate surface area is 188 Å². The van der Waals surface area contributed by atoms with Crippen molar-refractivity contribution in [2.24, 2.45) is 7.05 Å². The van der Waals surface area contributed by atoms with Crippen molar-refractivity contribution in [2.45, 2.75) is 19.4 Å². The topological polar surface area (TPSA) is 60.2 Å². The van der Waals surface area contributed by atoms with Gasteiger partial charge in [0, 0.05) is 63.1 Å². The molecule has 0 spiro atoms. The van der Waals surface area contributed by atoms with Crippen molar-refractivity contribution in [1.29, 1.82) is 0 Å². The zero-order valence-electron chi connectivity index (χ0n) is 18.4. The fourth-order valence-corrected chi connectivity index (χ4v) is 3.74. The van der Waals surface area contributed by atoms with Gasteiger partial charge in [-0.3, -0.25) is 19.7 Å². The number of aryl methyl sites for hydroxylation is 1. The molecule has 0 saturated heterocycles. The van der Waals surface area contributed by atoms with E-state index < -0.39 is 0 Å². The van der Waals surface area contributed by atoms with Crippen LogP contribution >= 0.6 is 0 Å². The van der Waals surface area contributed by atoms with Gasteiger partial charge >= 0.3 is 0 Å². The highest BCUT2D eigenvalue weighted by Gasteiger charge is 2.08. The van der Waals surface area contributed by atoms with Gasteiger partial charge in [-0.05, 0) is 71.8 Å². The standard InChI is InChI=1S/C26H28N4O2/c1-29-15-10-23-18-24(5-6-25(23)26(29)31)32-17-3-14-30(20-22-7-12-27-13-8-22)16-9-21-4-2-11-28-19-21/h2,4-8,10-13,15,18-19H,3,9,14,16-17,20H2,1H3. The molecule has 0 radical (unpaired) electrons. The number of nitrogens with zero attached hydrogens (tertiary/aromatic N) is 4. The Morgan fingerprint density at radius 2 is 1.84 bits per heavy atom. The molecule has 0 aliphatic carbocycles. The molecule has 0 aliphatic heterocycles. The lowest BCUT2D eigenvalue weighted by atomic mass is 10.1. The number of hydrogen-bond acceptors (Lipinski definition) is 5. The molecule has 164 valence electrons. The van der Waals surface area contributed by atoms with Crippen LogP contribution in [0.15, 0.2) is 84.3 Å². The summed E-state index contributed by atoms with van der Waals surface area (Å²) in [6.45, 7) is 3.38. The molecule has 0 bridgehead atoms. The highest BCUT2D eigenvalue weighted by atomic mass is 16.5. The molecular formula is C26H28N4O2. The SMILES string of the molecule is Cn1ccc2cc(OCCCN(CCc3cccnc3)Cc3ccncc3)ccc2c1=O. The van der Waals surface area contributed by atoms with Crippen molar-refractivity contribution in [1.82, 2.24) is 19.4 Å². The summed E-state index contributed by atoms with van der Waals surface area (Å²) < 4.78 is 7.58. The van der Waals surface area contributed by atoms with Crippen LogP contribution in [-0.2, 0) is 20.0 Å². The van der Waals surface area contributed by atoms with E-state index in [0.29, 0.717) is 12.0 Å². The highest BCUT2D eigenvalue weighted by Crippen LogP contribution is 2.18. The van der Waals surface area contributed by atoms with E-state index in [9.17, 15) is 4.79 Å². The average molecular weight is 429 g/mol. The number of rotatable bonds is 10. The third kappa shape index (κ3) is 5.80. The van der Waals surface area contributed by atoms with Crippen molar-refractivity contribution >= 4 is 10.8 Å². The van der Waals surface area contributed by atoms with Crippen LogP contribution in [0.2, 0.25) is 0 Å². The second-order valence-corrected chi connectivity index (χ2v) is 7.93. The van der Waals surface area contributed by atoms with Gasteiger partial charge in [0.25, 0.3) is 5.56 Å². The minimum absolute atomic E-state index is 0.00872. The van der Waals surface area contributed by atoms with E-state index in [2.05, 4.69) is 33.1 Å². The number of aromatic nitrogens is 3. The Balaban J connectivity index is 1.33. The zero-order valence-corrected chi connectivity index (χ0v) is 18.4. The van der Waals surface area contributed by atoms with E-state index in [1.807, 2.05) is 48.9 Å². The molecule has 4 aromatic rings. The van der Waals surface area contributed by atoms with E-state index in [4.69, 9.17) is 4.74 Å². The first-order valence-electron chi connectivity index (χ1n) is 10.9. The van der Waals surface area contributed by atoms with Crippen molar-refractivity contribution in [3.63, 3.8) is 0 Å². The summed E-state index contributed by atoms with van der Waals surface area (Å²) in [5.74, 6) is 0.793. The molecule has 0 N–H and O–H groups in total. The molecule has 6 heteroatoms. The molecule has 3 aromatic heterocycles. The molecule has 4 rings (SSSR count). The predicted octanol–water partition coefficient (Wildman–Crippen LogP) is 3.84. The predicted molar refractivity (Wildman–Crippen MR) is 127 cm³/mol. The van der Waals surface area contributed by atoms with Crippen LogP contribution in [0.5, 0.6) is 5.75 Å². The van der Waals surface area contributed by atoms with Crippen LogP contribution in [0.4, 0.5) is 0 Å². The van der Waals surface area contributed by atoms with Crippen molar-refractivity contribution in [2.75, 3.05) is 19.7 Å². The first kappa shape index (κ1) is 21.7. The van der Waals surface area contributed by atoms with E-state index in [-0.39, 0.29) is 5.56 Å². The van der Waals surface area contributed by atoms with Crippen LogP contribution in [0.25, 0.3) is 10.8 Å². The molecular weight excluding hydrogens is 400 g/mol. The van der Waals surface area contributed by atoms with E-state index >= 15 is 0 Å². The molecule has 0 unspecified atom stereocenters. The lowest BCUT2D eigenvalue weighted by molar-refractivity contribution is 0.230. The molecule has 6 nitrogen and oxygen atoms in total. The first-order valence-corrected chi connectivity index (χ1v) is 10.9. The van der Waals surface area contributed by atoms with Gasteiger partial charge < -0.3 is 9.30 Å². The smallest absolute Gasteiger partial charge is 0.258 e. The summed E-state index contributed by atoms with van der Waals surface area (Å²) >= 11 is 0. The number of hydrogen-bond donors (Lipinski definition) is 0. The Bertz CT molecular complexity index is 1190. The Hall–Kier alpha value is -3.51. The second-order valence-electron chi connectivity index (χ2n) is 7.93. The lowest BCUT2D eigenvalue weighted by Crippen LogP contribution is -2.28. The maximum absolute atomic E-state index is 12.2. The summed E-state index contributed by atoms with van der Waals surface area (Å²) in [4.78, 5) is 23.0. The van der Waals surface area contributed by atoms with Crippen LogP contribution in [0.3, 0.4) is 0 Å². The van der Waals surface area contributed by atoms with Gasteiger partial charge in [-0.1, -0.05) is 6.07 Å². The molecule has 0 atom stereocenters. The maximum atomic E-state index is 12.2. The summed E-state index contributed by atoms with van der Waals surface area (Å²) in [5, 5.41) is 1.61. The van der Waals surface area contributed by atoms with Crippen molar-refractivity contribution < 1.29 is 4.74 Å². The normalized spacial score (nSPS) is 11.2. The Morgan fingerprint density at radius 1 is 0.969 bits per heavy atom. The second kappa shape index (κ2) is 10.7. The minimum Gasteiger partial charge on any atom is -0.494 e. The number of pyridine rings is 3. The largest absolute Gasteiger partial charge is 0.494 e. The van der Waals surface area contributed by atoms with Gasteiger partial charge in [0.15, 0.2) is 0 Å². The third-order valence-electron chi connectivity index (χ3n) is 5.53. The van der Waals surface area contributed by atoms with Crippen molar-refractivity contribution in [3.05, 3.63) is 101 Å². The summed E-state index contributed by atoms with van der Waals surface area (Å²) in [7, 11) is 1.76. The monoisotopic (exact) mass is 428 g/mol. The summed E-state index contributed by atoms with van der Waals surface area (Å²) in [6, 6.07) is 15.8.